The van der Waals surface area contributed by atoms with Crippen molar-refractivity contribution in [3.63, 3.8) is 0 Å². The largest absolute Gasteiger partial charge is 0.495 e. The van der Waals surface area contributed by atoms with Gasteiger partial charge in [0.05, 0.1) is 7.11 Å². The number of carbonyl (C=O) groups is 1. The highest BCUT2D eigenvalue weighted by atomic mass is 32.2. The van der Waals surface area contributed by atoms with Gasteiger partial charge in [0, 0.05) is 30.9 Å². The maximum atomic E-state index is 13.5. The number of rotatable bonds is 6. The van der Waals surface area contributed by atoms with Gasteiger partial charge in [0.1, 0.15) is 16.1 Å². The van der Waals surface area contributed by atoms with Gasteiger partial charge in [-0.15, -0.1) is 0 Å². The van der Waals surface area contributed by atoms with Gasteiger partial charge in [-0.25, -0.2) is 8.42 Å². The van der Waals surface area contributed by atoms with Crippen LogP contribution in [0.5, 0.6) is 5.75 Å². The highest BCUT2D eigenvalue weighted by molar-refractivity contribution is 7.89. The summed E-state index contributed by atoms with van der Waals surface area (Å²) in [6.45, 7) is 2.93. The van der Waals surface area contributed by atoms with Crippen molar-refractivity contribution in [1.29, 1.82) is 0 Å². The zero-order chi connectivity index (χ0) is 24.1. The molecule has 1 saturated heterocycles. The molecule has 1 fully saturated rings. The molecular weight excluding hydrogens is 450 g/mol. The topological polar surface area (TPSA) is 81.0 Å². The molecule has 1 aliphatic heterocycles. The Balaban J connectivity index is 1.70. The minimum atomic E-state index is -3.82. The predicted octanol–water partition coefficient (Wildman–Crippen LogP) is 3.85. The second kappa shape index (κ2) is 10.4. The molecule has 2 heterocycles. The van der Waals surface area contributed by atoms with Crippen molar-refractivity contribution in [2.75, 3.05) is 13.7 Å². The van der Waals surface area contributed by atoms with Crippen LogP contribution in [0, 0.1) is 0 Å². The Bertz CT molecular complexity index is 1330. The van der Waals surface area contributed by atoms with E-state index in [1.807, 2.05) is 60.2 Å². The Kier molecular flexibility index (Phi) is 7.29. The van der Waals surface area contributed by atoms with Gasteiger partial charge in [-0.3, -0.25) is 4.79 Å². The SMILES string of the molecule is COc1ccc(C(=O)N=c2ccccn2Cc2ccccc2)cc1S(=O)(=O)N1CCCCC1C. The van der Waals surface area contributed by atoms with Gasteiger partial charge in [0.15, 0.2) is 0 Å². The molecule has 0 spiro atoms. The van der Waals surface area contributed by atoms with Crippen molar-refractivity contribution in [2.45, 2.75) is 43.7 Å². The van der Waals surface area contributed by atoms with Crippen LogP contribution in [0.15, 0.2) is 82.8 Å². The number of pyridine rings is 1. The smallest absolute Gasteiger partial charge is 0.278 e. The third kappa shape index (κ3) is 5.13. The number of benzene rings is 2. The van der Waals surface area contributed by atoms with E-state index < -0.39 is 15.9 Å². The van der Waals surface area contributed by atoms with Gasteiger partial charge in [-0.1, -0.05) is 42.8 Å². The lowest BCUT2D eigenvalue weighted by Crippen LogP contribution is -2.42. The molecule has 7 nitrogen and oxygen atoms in total. The number of hydrogen-bond acceptors (Lipinski definition) is 4. The molecule has 0 radical (unpaired) electrons. The number of nitrogens with zero attached hydrogens (tertiary/aromatic N) is 3. The summed E-state index contributed by atoms with van der Waals surface area (Å²) < 4.78 is 35.7. The Morgan fingerprint density at radius 1 is 1.06 bits per heavy atom. The molecule has 0 aliphatic carbocycles. The lowest BCUT2D eigenvalue weighted by atomic mass is 10.1. The monoisotopic (exact) mass is 479 g/mol. The first kappa shape index (κ1) is 23.9. The maximum Gasteiger partial charge on any atom is 0.278 e. The number of ether oxygens (including phenoxy) is 1. The second-order valence-electron chi connectivity index (χ2n) is 8.42. The Hall–Kier alpha value is -3.23. The summed E-state index contributed by atoms with van der Waals surface area (Å²) in [6, 6.07) is 19.7. The van der Waals surface area contributed by atoms with Crippen LogP contribution in [0.1, 0.15) is 42.1 Å². The van der Waals surface area contributed by atoms with Crippen LogP contribution in [0.4, 0.5) is 0 Å². The second-order valence-corrected chi connectivity index (χ2v) is 10.3. The molecule has 0 bridgehead atoms. The van der Waals surface area contributed by atoms with Crippen LogP contribution in [0.3, 0.4) is 0 Å². The third-order valence-electron chi connectivity index (χ3n) is 6.07. The first-order chi connectivity index (χ1) is 16.4. The lowest BCUT2D eigenvalue weighted by molar-refractivity contribution is 0.0997. The van der Waals surface area contributed by atoms with Crippen molar-refractivity contribution in [2.24, 2.45) is 4.99 Å². The van der Waals surface area contributed by atoms with Crippen LogP contribution in [0.2, 0.25) is 0 Å². The number of aromatic nitrogens is 1. The summed E-state index contributed by atoms with van der Waals surface area (Å²) in [4.78, 5) is 17.4. The molecule has 8 heteroatoms. The minimum Gasteiger partial charge on any atom is -0.495 e. The van der Waals surface area contributed by atoms with E-state index in [2.05, 4.69) is 4.99 Å². The van der Waals surface area contributed by atoms with Crippen LogP contribution < -0.4 is 10.2 Å². The molecular formula is C26H29N3O4S. The number of sulfonamides is 1. The minimum absolute atomic E-state index is 0.00461. The molecule has 178 valence electrons. The van der Waals surface area contributed by atoms with Crippen molar-refractivity contribution < 1.29 is 17.9 Å². The molecule has 4 rings (SSSR count). The zero-order valence-electron chi connectivity index (χ0n) is 19.4. The number of piperidine rings is 1. The van der Waals surface area contributed by atoms with Crippen LogP contribution in [-0.4, -0.2) is 42.9 Å². The van der Waals surface area contributed by atoms with E-state index in [4.69, 9.17) is 4.74 Å². The standard InChI is InChI=1S/C26H29N3O4S/c1-20-10-6-9-17-29(20)34(31,32)24-18-22(14-15-23(24)33-2)26(30)27-25-13-7-8-16-28(25)19-21-11-4-3-5-12-21/h3-5,7-8,11-16,18,20H,6,9-10,17,19H2,1-2H3. The van der Waals surface area contributed by atoms with Crippen LogP contribution >= 0.6 is 0 Å². The highest BCUT2D eigenvalue weighted by Gasteiger charge is 2.33. The maximum absolute atomic E-state index is 13.5. The Morgan fingerprint density at radius 2 is 1.82 bits per heavy atom. The van der Waals surface area contributed by atoms with Crippen molar-refractivity contribution in [3.8, 4) is 5.75 Å². The fourth-order valence-electron chi connectivity index (χ4n) is 4.22. The van der Waals surface area contributed by atoms with E-state index in [0.717, 1.165) is 24.8 Å². The molecule has 1 aromatic heterocycles. The number of amides is 1. The van der Waals surface area contributed by atoms with Gasteiger partial charge in [-0.05, 0) is 55.7 Å². The van der Waals surface area contributed by atoms with Gasteiger partial charge in [-0.2, -0.15) is 9.30 Å². The normalized spacial score (nSPS) is 17.5. The first-order valence-electron chi connectivity index (χ1n) is 11.4. The van der Waals surface area contributed by atoms with E-state index in [9.17, 15) is 13.2 Å². The molecule has 1 aliphatic rings. The summed E-state index contributed by atoms with van der Waals surface area (Å²) in [6.07, 6.45) is 4.49. The van der Waals surface area contributed by atoms with Gasteiger partial charge >= 0.3 is 0 Å². The summed E-state index contributed by atoms with van der Waals surface area (Å²) in [5, 5.41) is 0. The average molecular weight is 480 g/mol. The molecule has 3 aromatic rings. The lowest BCUT2D eigenvalue weighted by Gasteiger charge is -2.32. The van der Waals surface area contributed by atoms with Gasteiger partial charge in [0.2, 0.25) is 10.0 Å². The summed E-state index contributed by atoms with van der Waals surface area (Å²) in [5.41, 5.74) is 1.76. The zero-order valence-corrected chi connectivity index (χ0v) is 20.2. The highest BCUT2D eigenvalue weighted by Crippen LogP contribution is 2.31. The van der Waals surface area contributed by atoms with E-state index >= 15 is 0 Å². The van der Waals surface area contributed by atoms with E-state index in [1.54, 1.807) is 12.1 Å². The molecule has 34 heavy (non-hydrogen) atoms. The fraction of sp³-hybridized carbons (Fsp3) is 0.308. The number of hydrogen-bond donors (Lipinski definition) is 0. The Labute approximate surface area is 200 Å². The molecule has 0 N–H and O–H groups in total. The molecule has 1 amide bonds. The van der Waals surface area contributed by atoms with Gasteiger partial charge in [0.25, 0.3) is 5.91 Å². The third-order valence-corrected chi connectivity index (χ3v) is 8.10. The van der Waals surface area contributed by atoms with Crippen molar-refractivity contribution in [1.82, 2.24) is 8.87 Å². The van der Waals surface area contributed by atoms with E-state index in [-0.39, 0.29) is 22.3 Å². The predicted molar refractivity (Wildman–Crippen MR) is 130 cm³/mol. The van der Waals surface area contributed by atoms with Crippen LogP contribution in [-0.2, 0) is 16.6 Å². The van der Waals surface area contributed by atoms with E-state index in [0.29, 0.717) is 18.6 Å². The molecule has 0 saturated carbocycles. The first-order valence-corrected chi connectivity index (χ1v) is 12.8. The van der Waals surface area contributed by atoms with Crippen LogP contribution in [0.25, 0.3) is 0 Å². The van der Waals surface area contributed by atoms with Crippen molar-refractivity contribution >= 4 is 15.9 Å². The molecule has 1 unspecified atom stereocenters. The van der Waals surface area contributed by atoms with Gasteiger partial charge < -0.3 is 9.30 Å². The number of methoxy groups -OCH3 is 1. The summed E-state index contributed by atoms with van der Waals surface area (Å²) in [5.74, 6) is -0.299. The summed E-state index contributed by atoms with van der Waals surface area (Å²) >= 11 is 0. The van der Waals surface area contributed by atoms with Crippen molar-refractivity contribution in [3.05, 3.63) is 89.5 Å². The summed E-state index contributed by atoms with van der Waals surface area (Å²) in [7, 11) is -2.40. The average Bonchev–Trinajstić information content (AvgIpc) is 2.85. The van der Waals surface area contributed by atoms with E-state index in [1.165, 1.54) is 23.5 Å². The Morgan fingerprint density at radius 3 is 2.56 bits per heavy atom. The molecule has 2 aromatic carbocycles. The fourth-order valence-corrected chi connectivity index (χ4v) is 6.10. The number of carbonyl (C=O) groups excluding carboxylic acids is 1. The quantitative estimate of drug-likeness (QED) is 0.538. The molecule has 1 atom stereocenters.